The van der Waals surface area contributed by atoms with Gasteiger partial charge in [0.15, 0.2) is 0 Å². The number of anilines is 1. The molecule has 0 radical (unpaired) electrons. The standard InChI is InChI=1S/C38H38N4O4S/c1-46-35-18-13-30(14-19-35)31-15-20-36(21-16-31)47(44,45)42(27-29-6-5-23-39-24-29)26-28-9-11-32(12-10-28)34-17-22-37(40-25-34)41-38(43)33-7-3-2-4-8-33/h5-6,9-25,33H,2-4,7-8,26-27H2,1H3,(H,40,41,43). The molecular weight excluding hydrogens is 609 g/mol. The molecule has 1 aliphatic rings. The van der Waals surface area contributed by atoms with Gasteiger partial charge in [0, 0.05) is 43.2 Å². The van der Waals surface area contributed by atoms with Crippen molar-refractivity contribution in [3.63, 3.8) is 0 Å². The van der Waals surface area contributed by atoms with Crippen molar-refractivity contribution in [2.45, 2.75) is 50.1 Å². The molecule has 1 amide bonds. The molecule has 0 aliphatic heterocycles. The first kappa shape index (κ1) is 32.1. The molecule has 47 heavy (non-hydrogen) atoms. The lowest BCUT2D eigenvalue weighted by Gasteiger charge is -2.23. The smallest absolute Gasteiger partial charge is 0.243 e. The van der Waals surface area contributed by atoms with E-state index in [1.54, 1.807) is 43.9 Å². The van der Waals surface area contributed by atoms with Crippen molar-refractivity contribution >= 4 is 21.7 Å². The highest BCUT2D eigenvalue weighted by atomic mass is 32.2. The zero-order valence-electron chi connectivity index (χ0n) is 26.4. The first-order valence-corrected chi connectivity index (χ1v) is 17.3. The molecule has 0 spiro atoms. The van der Waals surface area contributed by atoms with Gasteiger partial charge in [0.1, 0.15) is 11.6 Å². The van der Waals surface area contributed by atoms with E-state index in [1.807, 2.05) is 78.9 Å². The Morgan fingerprint density at radius 2 is 1.38 bits per heavy atom. The van der Waals surface area contributed by atoms with Gasteiger partial charge in [-0.2, -0.15) is 4.31 Å². The van der Waals surface area contributed by atoms with Crippen molar-refractivity contribution < 1.29 is 17.9 Å². The molecule has 1 saturated carbocycles. The Balaban J connectivity index is 1.17. The quantitative estimate of drug-likeness (QED) is 0.158. The number of rotatable bonds is 11. The van der Waals surface area contributed by atoms with Crippen LogP contribution < -0.4 is 10.1 Å². The molecule has 240 valence electrons. The van der Waals surface area contributed by atoms with Crippen LogP contribution in [0.4, 0.5) is 5.82 Å². The summed E-state index contributed by atoms with van der Waals surface area (Å²) in [5.41, 5.74) is 5.38. The third-order valence-electron chi connectivity index (χ3n) is 8.63. The summed E-state index contributed by atoms with van der Waals surface area (Å²) in [5.74, 6) is 1.43. The molecule has 0 atom stereocenters. The fourth-order valence-electron chi connectivity index (χ4n) is 5.91. The van der Waals surface area contributed by atoms with Gasteiger partial charge in [0.25, 0.3) is 0 Å². The van der Waals surface area contributed by atoms with Crippen LogP contribution in [0.3, 0.4) is 0 Å². The summed E-state index contributed by atoms with van der Waals surface area (Å²) in [7, 11) is -2.23. The fourth-order valence-corrected chi connectivity index (χ4v) is 7.33. The summed E-state index contributed by atoms with van der Waals surface area (Å²) < 4.78 is 34.8. The molecule has 8 nitrogen and oxygen atoms in total. The molecule has 5 aromatic rings. The summed E-state index contributed by atoms with van der Waals surface area (Å²) in [4.78, 5) is 21.5. The Hall–Kier alpha value is -4.86. The molecule has 2 heterocycles. The number of hydrogen-bond acceptors (Lipinski definition) is 6. The lowest BCUT2D eigenvalue weighted by atomic mass is 9.89. The Bertz CT molecular complexity index is 1870. The van der Waals surface area contributed by atoms with Crippen LogP contribution in [0.15, 0.2) is 121 Å². The monoisotopic (exact) mass is 646 g/mol. The largest absolute Gasteiger partial charge is 0.497 e. The van der Waals surface area contributed by atoms with Crippen LogP contribution in [0, 0.1) is 5.92 Å². The molecule has 3 aromatic carbocycles. The number of amides is 1. The van der Waals surface area contributed by atoms with E-state index >= 15 is 0 Å². The second-order valence-electron chi connectivity index (χ2n) is 11.8. The summed E-state index contributed by atoms with van der Waals surface area (Å²) in [5, 5.41) is 2.96. The molecule has 0 bridgehead atoms. The molecule has 1 fully saturated rings. The Morgan fingerprint density at radius 1 is 0.766 bits per heavy atom. The first-order valence-electron chi connectivity index (χ1n) is 15.9. The average molecular weight is 647 g/mol. The molecule has 6 rings (SSSR count). The van der Waals surface area contributed by atoms with Gasteiger partial charge in [-0.15, -0.1) is 0 Å². The van der Waals surface area contributed by atoms with Crippen molar-refractivity contribution in [2.24, 2.45) is 5.92 Å². The van der Waals surface area contributed by atoms with Crippen molar-refractivity contribution in [3.8, 4) is 28.0 Å². The summed E-state index contributed by atoms with van der Waals surface area (Å²) in [6.45, 7) is 0.359. The zero-order valence-corrected chi connectivity index (χ0v) is 27.2. The minimum absolute atomic E-state index is 0.0493. The number of carbonyl (C=O) groups excluding carboxylic acids is 1. The maximum atomic E-state index is 14.0. The lowest BCUT2D eigenvalue weighted by Crippen LogP contribution is -2.30. The molecule has 1 aliphatic carbocycles. The number of nitrogens with zero attached hydrogens (tertiary/aromatic N) is 3. The van der Waals surface area contributed by atoms with Crippen LogP contribution in [-0.2, 0) is 27.9 Å². The Kier molecular flexibility index (Phi) is 10.0. The molecule has 9 heteroatoms. The van der Waals surface area contributed by atoms with Gasteiger partial charge in [-0.05, 0) is 83.1 Å². The highest BCUT2D eigenvalue weighted by molar-refractivity contribution is 7.89. The number of sulfonamides is 1. The van der Waals surface area contributed by atoms with Gasteiger partial charge >= 0.3 is 0 Å². The highest BCUT2D eigenvalue weighted by Gasteiger charge is 2.25. The van der Waals surface area contributed by atoms with Crippen LogP contribution in [-0.4, -0.2) is 35.7 Å². The average Bonchev–Trinajstić information content (AvgIpc) is 3.13. The molecular formula is C38H38N4O4S. The van der Waals surface area contributed by atoms with E-state index in [4.69, 9.17) is 4.74 Å². The maximum Gasteiger partial charge on any atom is 0.243 e. The van der Waals surface area contributed by atoms with Crippen molar-refractivity contribution in [3.05, 3.63) is 127 Å². The minimum Gasteiger partial charge on any atom is -0.497 e. The Labute approximate surface area is 276 Å². The second kappa shape index (κ2) is 14.7. The number of methoxy groups -OCH3 is 1. The van der Waals surface area contributed by atoms with Gasteiger partial charge in [-0.25, -0.2) is 13.4 Å². The number of carbonyl (C=O) groups is 1. The summed E-state index contributed by atoms with van der Waals surface area (Å²) in [6, 6.07) is 29.9. The van der Waals surface area contributed by atoms with Crippen LogP contribution in [0.25, 0.3) is 22.3 Å². The van der Waals surface area contributed by atoms with Gasteiger partial charge in [0.05, 0.1) is 12.0 Å². The van der Waals surface area contributed by atoms with E-state index in [2.05, 4.69) is 15.3 Å². The fraction of sp³-hybridized carbons (Fsp3) is 0.237. The predicted octanol–water partition coefficient (Wildman–Crippen LogP) is 7.73. The third-order valence-corrected chi connectivity index (χ3v) is 10.4. The third kappa shape index (κ3) is 7.93. The molecule has 1 N–H and O–H groups in total. The van der Waals surface area contributed by atoms with E-state index in [0.717, 1.165) is 64.8 Å². The first-order chi connectivity index (χ1) is 22.9. The van der Waals surface area contributed by atoms with Crippen molar-refractivity contribution in [1.29, 1.82) is 0 Å². The second-order valence-corrected chi connectivity index (χ2v) is 13.8. The number of ether oxygens (including phenoxy) is 1. The summed E-state index contributed by atoms with van der Waals surface area (Å²) >= 11 is 0. The van der Waals surface area contributed by atoms with Crippen LogP contribution in [0.1, 0.15) is 43.2 Å². The van der Waals surface area contributed by atoms with E-state index in [9.17, 15) is 13.2 Å². The van der Waals surface area contributed by atoms with Gasteiger partial charge in [0.2, 0.25) is 15.9 Å². The molecule has 0 unspecified atom stereocenters. The number of benzene rings is 3. The van der Waals surface area contributed by atoms with E-state index < -0.39 is 10.0 Å². The molecule has 2 aromatic heterocycles. The van der Waals surface area contributed by atoms with Gasteiger partial charge in [-0.3, -0.25) is 9.78 Å². The maximum absolute atomic E-state index is 14.0. The van der Waals surface area contributed by atoms with Crippen LogP contribution in [0.5, 0.6) is 5.75 Å². The number of aromatic nitrogens is 2. The topological polar surface area (TPSA) is 101 Å². The molecule has 0 saturated heterocycles. The van der Waals surface area contributed by atoms with Crippen LogP contribution >= 0.6 is 0 Å². The number of hydrogen-bond donors (Lipinski definition) is 1. The zero-order chi connectivity index (χ0) is 32.6. The minimum atomic E-state index is -3.85. The Morgan fingerprint density at radius 3 is 2.00 bits per heavy atom. The normalized spacial score (nSPS) is 13.7. The van der Waals surface area contributed by atoms with Crippen molar-refractivity contribution in [1.82, 2.24) is 14.3 Å². The predicted molar refractivity (Wildman–Crippen MR) is 184 cm³/mol. The van der Waals surface area contributed by atoms with Gasteiger partial charge in [-0.1, -0.05) is 73.9 Å². The van der Waals surface area contributed by atoms with E-state index in [0.29, 0.717) is 5.82 Å². The van der Waals surface area contributed by atoms with Gasteiger partial charge < -0.3 is 10.1 Å². The van der Waals surface area contributed by atoms with E-state index in [1.165, 1.54) is 10.7 Å². The lowest BCUT2D eigenvalue weighted by molar-refractivity contribution is -0.120. The SMILES string of the molecule is COc1ccc(-c2ccc(S(=O)(=O)N(Cc3ccc(-c4ccc(NC(=O)C5CCCCC5)nc4)cc3)Cc3cccnc3)cc2)cc1. The van der Waals surface area contributed by atoms with Crippen molar-refractivity contribution in [2.75, 3.05) is 12.4 Å². The number of pyridine rings is 2. The van der Waals surface area contributed by atoms with E-state index in [-0.39, 0.29) is 29.8 Å². The summed E-state index contributed by atoms with van der Waals surface area (Å²) in [6.07, 6.45) is 10.4. The number of nitrogens with one attached hydrogen (secondary N) is 1. The highest BCUT2D eigenvalue weighted by Crippen LogP contribution is 2.28. The van der Waals surface area contributed by atoms with Crippen LogP contribution in [0.2, 0.25) is 0 Å².